The molecule has 124 valence electrons. The van der Waals surface area contributed by atoms with Crippen molar-refractivity contribution < 1.29 is 18.4 Å². The van der Waals surface area contributed by atoms with Crippen LogP contribution >= 0.6 is 11.6 Å². The van der Waals surface area contributed by atoms with E-state index in [1.165, 1.54) is 11.0 Å². The molecule has 7 heteroatoms. The van der Waals surface area contributed by atoms with Gasteiger partial charge in [-0.25, -0.2) is 8.78 Å². The molecule has 1 atom stereocenters. The zero-order chi connectivity index (χ0) is 17.3. The molecule has 0 radical (unpaired) electrons. The fraction of sp³-hybridized carbons (Fsp3) is 0.176. The highest BCUT2D eigenvalue weighted by Gasteiger charge is 2.36. The van der Waals surface area contributed by atoms with Crippen LogP contribution in [0.5, 0.6) is 0 Å². The van der Waals surface area contributed by atoms with Crippen molar-refractivity contribution >= 4 is 34.8 Å². The van der Waals surface area contributed by atoms with Gasteiger partial charge in [0.15, 0.2) is 0 Å². The monoisotopic (exact) mass is 350 g/mol. The summed E-state index contributed by atoms with van der Waals surface area (Å²) in [5, 5.41) is 3.24. The maximum absolute atomic E-state index is 13.8. The van der Waals surface area contributed by atoms with Crippen LogP contribution in [0, 0.1) is 17.6 Å². The third-order valence-corrected chi connectivity index (χ3v) is 4.06. The summed E-state index contributed by atoms with van der Waals surface area (Å²) in [6.07, 6.45) is -0.0315. The molecule has 0 saturated carbocycles. The number of benzene rings is 2. The van der Waals surface area contributed by atoms with E-state index in [0.29, 0.717) is 16.8 Å². The number of amides is 2. The summed E-state index contributed by atoms with van der Waals surface area (Å²) >= 11 is 5.78. The molecule has 0 bridgehead atoms. The van der Waals surface area contributed by atoms with Gasteiger partial charge in [-0.05, 0) is 36.4 Å². The van der Waals surface area contributed by atoms with Crippen LogP contribution in [0.3, 0.4) is 0 Å². The van der Waals surface area contributed by atoms with Crippen molar-refractivity contribution in [2.45, 2.75) is 6.42 Å². The van der Waals surface area contributed by atoms with Gasteiger partial charge in [-0.2, -0.15) is 0 Å². The predicted octanol–water partition coefficient (Wildman–Crippen LogP) is 3.61. The fourth-order valence-electron chi connectivity index (χ4n) is 2.59. The first-order chi connectivity index (χ1) is 11.4. The molecular weight excluding hydrogens is 338 g/mol. The minimum Gasteiger partial charge on any atom is -0.326 e. The van der Waals surface area contributed by atoms with Gasteiger partial charge < -0.3 is 10.2 Å². The first kappa shape index (κ1) is 16.4. The molecule has 1 fully saturated rings. The third kappa shape index (κ3) is 3.38. The van der Waals surface area contributed by atoms with Gasteiger partial charge in [0.05, 0.1) is 11.6 Å². The number of hydrogen-bond acceptors (Lipinski definition) is 2. The molecule has 1 unspecified atom stereocenters. The fourth-order valence-corrected chi connectivity index (χ4v) is 2.72. The van der Waals surface area contributed by atoms with Crippen molar-refractivity contribution in [2.24, 2.45) is 5.92 Å². The number of carbonyl (C=O) groups excluding carboxylic acids is 2. The number of anilines is 2. The molecule has 1 aliphatic heterocycles. The smallest absolute Gasteiger partial charge is 0.229 e. The van der Waals surface area contributed by atoms with Crippen molar-refractivity contribution in [2.75, 3.05) is 16.8 Å². The highest BCUT2D eigenvalue weighted by Crippen LogP contribution is 2.28. The van der Waals surface area contributed by atoms with Crippen molar-refractivity contribution in [1.82, 2.24) is 0 Å². The van der Waals surface area contributed by atoms with Crippen LogP contribution in [0.2, 0.25) is 5.02 Å². The van der Waals surface area contributed by atoms with E-state index in [-0.39, 0.29) is 30.5 Å². The first-order valence-corrected chi connectivity index (χ1v) is 7.63. The van der Waals surface area contributed by atoms with Gasteiger partial charge >= 0.3 is 0 Å². The lowest BCUT2D eigenvalue weighted by Crippen LogP contribution is -2.28. The van der Waals surface area contributed by atoms with Gasteiger partial charge in [-0.1, -0.05) is 11.6 Å². The van der Waals surface area contributed by atoms with Gasteiger partial charge in [-0.3, -0.25) is 9.59 Å². The third-order valence-electron chi connectivity index (χ3n) is 3.81. The number of carbonyl (C=O) groups is 2. The quantitative estimate of drug-likeness (QED) is 0.919. The minimum absolute atomic E-state index is 0.0248. The van der Waals surface area contributed by atoms with E-state index in [9.17, 15) is 18.4 Å². The minimum atomic E-state index is -0.831. The van der Waals surface area contributed by atoms with Crippen molar-refractivity contribution in [3.8, 4) is 0 Å². The summed E-state index contributed by atoms with van der Waals surface area (Å²) in [5.74, 6) is -2.88. The number of nitrogens with zero attached hydrogens (tertiary/aromatic N) is 1. The van der Waals surface area contributed by atoms with Crippen molar-refractivity contribution in [3.05, 3.63) is 59.1 Å². The average molecular weight is 351 g/mol. The topological polar surface area (TPSA) is 49.4 Å². The standard InChI is InChI=1S/C17H13ClF2N2O2/c18-11-1-4-13(5-2-11)21-17(24)10-7-16(23)22(9-10)15-6-3-12(19)8-14(15)20/h1-6,8,10H,7,9H2,(H,21,24). The van der Waals surface area contributed by atoms with Crippen LogP contribution < -0.4 is 10.2 Å². The maximum atomic E-state index is 13.8. The Morgan fingerprint density at radius 3 is 2.54 bits per heavy atom. The molecule has 1 heterocycles. The van der Waals surface area contributed by atoms with E-state index in [2.05, 4.69) is 5.32 Å². The lowest BCUT2D eigenvalue weighted by atomic mass is 10.1. The second-order valence-corrected chi connectivity index (χ2v) is 5.93. The van der Waals surface area contributed by atoms with E-state index >= 15 is 0 Å². The normalized spacial score (nSPS) is 17.2. The Morgan fingerprint density at radius 2 is 1.88 bits per heavy atom. The summed E-state index contributed by atoms with van der Waals surface area (Å²) in [6, 6.07) is 9.55. The second-order valence-electron chi connectivity index (χ2n) is 5.50. The molecule has 24 heavy (non-hydrogen) atoms. The Balaban J connectivity index is 1.72. The molecule has 3 rings (SSSR count). The number of rotatable bonds is 3. The van der Waals surface area contributed by atoms with E-state index < -0.39 is 17.6 Å². The van der Waals surface area contributed by atoms with E-state index in [1.54, 1.807) is 24.3 Å². The highest BCUT2D eigenvalue weighted by atomic mass is 35.5. The summed E-state index contributed by atoms with van der Waals surface area (Å²) in [7, 11) is 0. The van der Waals surface area contributed by atoms with Crippen LogP contribution in [0.15, 0.2) is 42.5 Å². The molecule has 0 spiro atoms. The Kier molecular flexibility index (Phi) is 4.49. The first-order valence-electron chi connectivity index (χ1n) is 7.26. The van der Waals surface area contributed by atoms with Gasteiger partial charge in [0.2, 0.25) is 11.8 Å². The summed E-state index contributed by atoms with van der Waals surface area (Å²) in [5.41, 5.74) is 0.534. The molecule has 1 N–H and O–H groups in total. The van der Waals surface area contributed by atoms with Gasteiger partial charge in [0.25, 0.3) is 0 Å². The van der Waals surface area contributed by atoms with Gasteiger partial charge in [0.1, 0.15) is 11.6 Å². The Hall–Kier alpha value is -2.47. The molecule has 2 aromatic rings. The van der Waals surface area contributed by atoms with Gasteiger partial charge in [0, 0.05) is 29.7 Å². The predicted molar refractivity (Wildman–Crippen MR) is 86.9 cm³/mol. The second kappa shape index (κ2) is 6.57. The Morgan fingerprint density at radius 1 is 1.17 bits per heavy atom. The van der Waals surface area contributed by atoms with Crippen molar-refractivity contribution in [3.63, 3.8) is 0 Å². The molecule has 4 nitrogen and oxygen atoms in total. The van der Waals surface area contributed by atoms with Crippen LogP contribution in [0.4, 0.5) is 20.2 Å². The van der Waals surface area contributed by atoms with E-state index in [0.717, 1.165) is 6.07 Å². The molecular formula is C17H13ClF2N2O2. The van der Waals surface area contributed by atoms with Crippen LogP contribution in [-0.4, -0.2) is 18.4 Å². The SMILES string of the molecule is O=C(Nc1ccc(Cl)cc1)C1CC(=O)N(c2ccc(F)cc2F)C1. The summed E-state index contributed by atoms with van der Waals surface area (Å²) in [6.45, 7) is 0.0425. The van der Waals surface area contributed by atoms with E-state index in [1.807, 2.05) is 0 Å². The van der Waals surface area contributed by atoms with Crippen LogP contribution in [-0.2, 0) is 9.59 Å². The zero-order valence-electron chi connectivity index (χ0n) is 12.4. The number of halogens is 3. The summed E-state index contributed by atoms with van der Waals surface area (Å²) < 4.78 is 26.8. The Labute approximate surface area is 142 Å². The molecule has 1 aliphatic rings. The lowest BCUT2D eigenvalue weighted by molar-refractivity contribution is -0.122. The molecule has 2 amide bonds. The van der Waals surface area contributed by atoms with Crippen LogP contribution in [0.1, 0.15) is 6.42 Å². The largest absolute Gasteiger partial charge is 0.326 e. The highest BCUT2D eigenvalue weighted by molar-refractivity contribution is 6.30. The lowest BCUT2D eigenvalue weighted by Gasteiger charge is -2.17. The number of nitrogens with one attached hydrogen (secondary N) is 1. The van der Waals surface area contributed by atoms with Crippen molar-refractivity contribution in [1.29, 1.82) is 0 Å². The summed E-state index contributed by atoms with van der Waals surface area (Å²) in [4.78, 5) is 25.5. The van der Waals surface area contributed by atoms with Crippen LogP contribution in [0.25, 0.3) is 0 Å². The van der Waals surface area contributed by atoms with E-state index in [4.69, 9.17) is 11.6 Å². The average Bonchev–Trinajstić information content (AvgIpc) is 2.91. The zero-order valence-corrected chi connectivity index (χ0v) is 13.2. The maximum Gasteiger partial charge on any atom is 0.229 e. The molecule has 0 aromatic heterocycles. The molecule has 2 aromatic carbocycles. The molecule has 1 saturated heterocycles. The van der Waals surface area contributed by atoms with Gasteiger partial charge in [-0.15, -0.1) is 0 Å². The Bertz CT molecular complexity index is 796. The molecule has 0 aliphatic carbocycles. The number of hydrogen-bond donors (Lipinski definition) is 1.